The van der Waals surface area contributed by atoms with Crippen molar-refractivity contribution in [3.63, 3.8) is 0 Å². The number of carbonyl (C=O) groups is 2. The quantitative estimate of drug-likeness (QED) is 0.818. The molecule has 0 saturated carbocycles. The number of rotatable bonds is 1. The number of hydrogen-bond donors (Lipinski definition) is 1. The van der Waals surface area contributed by atoms with E-state index in [1.165, 1.54) is 0 Å². The van der Waals surface area contributed by atoms with Crippen LogP contribution in [0.5, 0.6) is 0 Å². The third kappa shape index (κ3) is 2.35. The third-order valence-electron chi connectivity index (χ3n) is 6.86. The second-order valence-corrected chi connectivity index (χ2v) is 8.09. The number of fused-ring (bicyclic) bond motifs is 3. The van der Waals surface area contributed by atoms with E-state index in [2.05, 4.69) is 13.0 Å². The molecule has 6 rings (SSSR count). The minimum atomic E-state index is -0.527. The van der Waals surface area contributed by atoms with Crippen molar-refractivity contribution in [2.75, 3.05) is 24.6 Å². The van der Waals surface area contributed by atoms with Crippen LogP contribution in [-0.2, 0) is 14.3 Å². The van der Waals surface area contributed by atoms with Crippen LogP contribution < -0.4 is 4.90 Å². The van der Waals surface area contributed by atoms with Crippen LogP contribution in [0.15, 0.2) is 36.1 Å². The lowest BCUT2D eigenvalue weighted by molar-refractivity contribution is -0.139. The highest BCUT2D eigenvalue weighted by Gasteiger charge is 2.51. The van der Waals surface area contributed by atoms with Gasteiger partial charge in [-0.1, -0.05) is 18.2 Å². The first-order valence-electron chi connectivity index (χ1n) is 9.75. The van der Waals surface area contributed by atoms with Gasteiger partial charge in [-0.3, -0.25) is 9.59 Å². The summed E-state index contributed by atoms with van der Waals surface area (Å²) in [4.78, 5) is 29.2. The summed E-state index contributed by atoms with van der Waals surface area (Å²) in [6, 6.07) is 7.76. The van der Waals surface area contributed by atoms with Crippen molar-refractivity contribution < 1.29 is 19.4 Å². The monoisotopic (exact) mass is 368 g/mol. The molecule has 27 heavy (non-hydrogen) atoms. The first kappa shape index (κ1) is 16.8. The van der Waals surface area contributed by atoms with Crippen molar-refractivity contribution in [3.05, 3.63) is 41.7 Å². The van der Waals surface area contributed by atoms with Gasteiger partial charge in [0.1, 0.15) is 12.7 Å². The normalized spacial score (nSPS) is 34.1. The van der Waals surface area contributed by atoms with E-state index in [4.69, 9.17) is 4.74 Å². The van der Waals surface area contributed by atoms with Crippen LogP contribution in [0, 0.1) is 11.8 Å². The van der Waals surface area contributed by atoms with Gasteiger partial charge in [-0.25, -0.2) is 0 Å². The number of aliphatic hydroxyl groups excluding tert-OH is 1. The number of benzene rings is 1. The van der Waals surface area contributed by atoms with Crippen LogP contribution in [0.1, 0.15) is 31.2 Å². The van der Waals surface area contributed by atoms with E-state index < -0.39 is 6.61 Å². The maximum absolute atomic E-state index is 12.7. The summed E-state index contributed by atoms with van der Waals surface area (Å²) in [5.74, 6) is 0.341. The highest BCUT2D eigenvalue weighted by molar-refractivity contribution is 5.98. The van der Waals surface area contributed by atoms with E-state index in [1.807, 2.05) is 23.1 Å². The van der Waals surface area contributed by atoms with Gasteiger partial charge >= 0.3 is 0 Å². The zero-order valence-electron chi connectivity index (χ0n) is 15.4. The highest BCUT2D eigenvalue weighted by atomic mass is 16.5. The molecule has 3 saturated heterocycles. The van der Waals surface area contributed by atoms with Crippen LogP contribution in [-0.4, -0.2) is 53.7 Å². The van der Waals surface area contributed by atoms with Gasteiger partial charge in [0.05, 0.1) is 12.3 Å². The van der Waals surface area contributed by atoms with Crippen molar-refractivity contribution in [2.45, 2.75) is 37.8 Å². The van der Waals surface area contributed by atoms with Crippen LogP contribution in [0.3, 0.4) is 0 Å². The van der Waals surface area contributed by atoms with E-state index in [0.717, 1.165) is 29.8 Å². The standard InChI is InChI=1S/C21H24N2O4/c1-12-16-9-22-7-6-14-13-4-2-3-5-18(13)23(20(26)10-24)21(14)17(11-27-12)15(16)8-19(22)25/h2-5,11-12,14-16,21,24H,6-10H2,1H3/t12-,14?,15+,16+,21-/m1/s1. The topological polar surface area (TPSA) is 70.1 Å². The Labute approximate surface area is 158 Å². The number of hydrogen-bond acceptors (Lipinski definition) is 4. The van der Waals surface area contributed by atoms with Crippen LogP contribution in [0.2, 0.25) is 0 Å². The molecule has 1 aromatic carbocycles. The fourth-order valence-corrected chi connectivity index (χ4v) is 5.55. The summed E-state index contributed by atoms with van der Waals surface area (Å²) in [7, 11) is 0. The summed E-state index contributed by atoms with van der Waals surface area (Å²) in [5, 5.41) is 9.63. The summed E-state index contributed by atoms with van der Waals surface area (Å²) >= 11 is 0. The number of aliphatic hydroxyl groups is 1. The third-order valence-corrected chi connectivity index (χ3v) is 6.86. The summed E-state index contributed by atoms with van der Waals surface area (Å²) in [6.45, 7) is 2.95. The van der Waals surface area contributed by atoms with E-state index >= 15 is 0 Å². The van der Waals surface area contributed by atoms with E-state index in [1.54, 1.807) is 11.2 Å². The van der Waals surface area contributed by atoms with Gasteiger partial charge in [0.25, 0.3) is 5.91 Å². The van der Waals surface area contributed by atoms with Crippen molar-refractivity contribution in [3.8, 4) is 0 Å². The van der Waals surface area contributed by atoms with Gasteiger partial charge in [0.2, 0.25) is 5.91 Å². The Kier molecular flexibility index (Phi) is 3.79. The molecule has 3 fully saturated rings. The molecule has 5 atom stereocenters. The van der Waals surface area contributed by atoms with Crippen molar-refractivity contribution in [1.82, 2.24) is 4.90 Å². The minimum absolute atomic E-state index is 0.0525. The molecule has 142 valence electrons. The molecule has 1 unspecified atom stereocenters. The molecular weight excluding hydrogens is 344 g/mol. The maximum atomic E-state index is 12.7. The second kappa shape index (κ2) is 6.09. The first-order valence-corrected chi connectivity index (χ1v) is 9.75. The van der Waals surface area contributed by atoms with E-state index in [0.29, 0.717) is 13.0 Å². The van der Waals surface area contributed by atoms with Gasteiger partial charge in [0, 0.05) is 43.0 Å². The molecule has 0 aromatic heterocycles. The minimum Gasteiger partial charge on any atom is -0.498 e. The smallest absolute Gasteiger partial charge is 0.253 e. The Morgan fingerprint density at radius 1 is 1.30 bits per heavy atom. The molecule has 0 radical (unpaired) electrons. The maximum Gasteiger partial charge on any atom is 0.253 e. The van der Waals surface area contributed by atoms with Crippen LogP contribution in [0.25, 0.3) is 0 Å². The molecule has 1 N–H and O–H groups in total. The number of amides is 2. The van der Waals surface area contributed by atoms with Crippen LogP contribution in [0.4, 0.5) is 5.69 Å². The van der Waals surface area contributed by atoms with Crippen molar-refractivity contribution >= 4 is 17.5 Å². The molecule has 2 amide bonds. The zero-order valence-corrected chi connectivity index (χ0v) is 15.4. The predicted octanol–water partition coefficient (Wildman–Crippen LogP) is 1.65. The summed E-state index contributed by atoms with van der Waals surface area (Å²) in [5.41, 5.74) is 3.03. The van der Waals surface area contributed by atoms with Gasteiger partial charge in [-0.15, -0.1) is 0 Å². The fraction of sp³-hybridized carbons (Fsp3) is 0.524. The zero-order chi connectivity index (χ0) is 18.7. The number of piperidine rings is 1. The van der Waals surface area contributed by atoms with Gasteiger partial charge in [-0.05, 0) is 30.5 Å². The SMILES string of the molecule is C[C@H]1OC=C2[C@H]3CC(=O)N(CCC4c5ccccc5N(C(=O)CO)[C@@H]24)C[C@H]31. The number of nitrogens with zero attached hydrogens (tertiary/aromatic N) is 2. The van der Waals surface area contributed by atoms with Crippen molar-refractivity contribution in [1.29, 1.82) is 0 Å². The van der Waals surface area contributed by atoms with E-state index in [-0.39, 0.29) is 41.7 Å². The molecule has 6 nitrogen and oxygen atoms in total. The molecule has 5 aliphatic heterocycles. The molecule has 1 aromatic rings. The fourth-order valence-electron chi connectivity index (χ4n) is 5.55. The lowest BCUT2D eigenvalue weighted by Gasteiger charge is -2.45. The largest absolute Gasteiger partial charge is 0.498 e. The summed E-state index contributed by atoms with van der Waals surface area (Å²) in [6.07, 6.45) is 3.14. The van der Waals surface area contributed by atoms with Gasteiger partial charge < -0.3 is 19.6 Å². The number of anilines is 1. The lowest BCUT2D eigenvalue weighted by atomic mass is 9.72. The second-order valence-electron chi connectivity index (χ2n) is 8.09. The Balaban J connectivity index is 1.68. The molecule has 0 spiro atoms. The predicted molar refractivity (Wildman–Crippen MR) is 99.0 cm³/mol. The average molecular weight is 368 g/mol. The highest BCUT2D eigenvalue weighted by Crippen LogP contribution is 2.51. The molecular formula is C21H24N2O4. The first-order chi connectivity index (χ1) is 13.1. The number of ether oxygens (including phenoxy) is 1. The Morgan fingerprint density at radius 3 is 2.93 bits per heavy atom. The van der Waals surface area contributed by atoms with Gasteiger partial charge in [-0.2, -0.15) is 0 Å². The molecule has 5 aliphatic rings. The molecule has 5 heterocycles. The number of para-hydroxylation sites is 1. The van der Waals surface area contributed by atoms with Crippen LogP contribution >= 0.6 is 0 Å². The van der Waals surface area contributed by atoms with Crippen molar-refractivity contribution in [2.24, 2.45) is 11.8 Å². The molecule has 0 aliphatic carbocycles. The Bertz CT molecular complexity index is 835. The Morgan fingerprint density at radius 2 is 2.11 bits per heavy atom. The molecule has 6 heteroatoms. The average Bonchev–Trinajstić information content (AvgIpc) is 3.03. The lowest BCUT2D eigenvalue weighted by Crippen LogP contribution is -2.52. The van der Waals surface area contributed by atoms with E-state index in [9.17, 15) is 14.7 Å². The Hall–Kier alpha value is -2.34. The van der Waals surface area contributed by atoms with Gasteiger partial charge in [0.15, 0.2) is 0 Å². The number of carbonyl (C=O) groups excluding carboxylic acids is 2. The molecule has 4 bridgehead atoms. The summed E-state index contributed by atoms with van der Waals surface area (Å²) < 4.78 is 5.99.